The van der Waals surface area contributed by atoms with Crippen LogP contribution in [0.5, 0.6) is 0 Å². The van der Waals surface area contributed by atoms with E-state index in [4.69, 9.17) is 0 Å². The van der Waals surface area contributed by atoms with Crippen LogP contribution in [0.1, 0.15) is 38.5 Å². The maximum absolute atomic E-state index is 12.3. The summed E-state index contributed by atoms with van der Waals surface area (Å²) in [6.07, 6.45) is 9.63. The standard InChI is InChI=1S/C20H26N4O2/c25-19-6-5-18(16-7-11-21-12-8-16)22-24(19)14-17-4-3-13-23(17)15-20(26)9-1-2-10-20/h5-8,11-12,17,26H,1-4,9-10,13-15H2. The van der Waals surface area contributed by atoms with Gasteiger partial charge in [-0.25, -0.2) is 4.68 Å². The van der Waals surface area contributed by atoms with Crippen LogP contribution in [-0.4, -0.2) is 49.5 Å². The average Bonchev–Trinajstić information content (AvgIpc) is 3.27. The van der Waals surface area contributed by atoms with Gasteiger partial charge in [-0.3, -0.25) is 14.7 Å². The van der Waals surface area contributed by atoms with E-state index in [1.807, 2.05) is 12.1 Å². The quantitative estimate of drug-likeness (QED) is 0.890. The number of hydrogen-bond donors (Lipinski definition) is 1. The first-order valence-electron chi connectivity index (χ1n) is 9.58. The van der Waals surface area contributed by atoms with Crippen molar-refractivity contribution in [3.63, 3.8) is 0 Å². The van der Waals surface area contributed by atoms with Crippen LogP contribution in [0.15, 0.2) is 41.5 Å². The molecule has 1 aliphatic carbocycles. The molecule has 2 aromatic heterocycles. The van der Waals surface area contributed by atoms with E-state index >= 15 is 0 Å². The summed E-state index contributed by atoms with van der Waals surface area (Å²) in [7, 11) is 0. The maximum atomic E-state index is 12.3. The molecule has 1 unspecified atom stereocenters. The molecule has 4 rings (SSSR count). The molecule has 1 N–H and O–H groups in total. The molecule has 1 aliphatic heterocycles. The monoisotopic (exact) mass is 354 g/mol. The summed E-state index contributed by atoms with van der Waals surface area (Å²) in [4.78, 5) is 18.7. The molecule has 0 amide bonds. The molecule has 2 fully saturated rings. The predicted molar refractivity (Wildman–Crippen MR) is 99.7 cm³/mol. The Morgan fingerprint density at radius 2 is 1.88 bits per heavy atom. The minimum absolute atomic E-state index is 0.0748. The fraction of sp³-hybridized carbons (Fsp3) is 0.550. The maximum Gasteiger partial charge on any atom is 0.266 e. The van der Waals surface area contributed by atoms with Crippen LogP contribution in [0.25, 0.3) is 11.3 Å². The van der Waals surface area contributed by atoms with Gasteiger partial charge in [0.05, 0.1) is 17.8 Å². The number of β-amino-alcohol motifs (C(OH)–C–C–N with tert-alkyl or cyclic N) is 1. The van der Waals surface area contributed by atoms with Crippen molar-refractivity contribution in [2.45, 2.75) is 56.7 Å². The Kier molecular flexibility index (Phi) is 4.87. The molecular weight excluding hydrogens is 328 g/mol. The molecule has 2 aliphatic rings. The van der Waals surface area contributed by atoms with Crippen LogP contribution in [-0.2, 0) is 6.54 Å². The minimum atomic E-state index is -0.542. The molecule has 1 atom stereocenters. The molecule has 6 heteroatoms. The Morgan fingerprint density at radius 1 is 1.12 bits per heavy atom. The van der Waals surface area contributed by atoms with E-state index in [9.17, 15) is 9.90 Å². The second-order valence-corrected chi connectivity index (χ2v) is 7.67. The molecule has 26 heavy (non-hydrogen) atoms. The summed E-state index contributed by atoms with van der Waals surface area (Å²) in [5.74, 6) is 0. The number of nitrogens with zero attached hydrogens (tertiary/aromatic N) is 4. The Labute approximate surface area is 153 Å². The summed E-state index contributed by atoms with van der Waals surface area (Å²) in [5.41, 5.74) is 1.12. The highest BCUT2D eigenvalue weighted by Gasteiger charge is 2.36. The van der Waals surface area contributed by atoms with Gasteiger partial charge in [0.25, 0.3) is 5.56 Å². The van der Waals surface area contributed by atoms with Gasteiger partial charge >= 0.3 is 0 Å². The van der Waals surface area contributed by atoms with Crippen LogP contribution >= 0.6 is 0 Å². The molecule has 0 aromatic carbocycles. The first-order chi connectivity index (χ1) is 12.6. The van der Waals surface area contributed by atoms with E-state index in [1.54, 1.807) is 29.2 Å². The zero-order chi connectivity index (χ0) is 18.0. The van der Waals surface area contributed by atoms with Crippen LogP contribution in [0.2, 0.25) is 0 Å². The molecule has 0 spiro atoms. The van der Waals surface area contributed by atoms with Crippen molar-refractivity contribution in [1.29, 1.82) is 0 Å². The largest absolute Gasteiger partial charge is 0.389 e. The lowest BCUT2D eigenvalue weighted by atomic mass is 10.0. The number of pyridine rings is 1. The van der Waals surface area contributed by atoms with E-state index in [-0.39, 0.29) is 11.6 Å². The van der Waals surface area contributed by atoms with Crippen LogP contribution in [0.4, 0.5) is 0 Å². The Hall–Kier alpha value is -2.05. The van der Waals surface area contributed by atoms with E-state index in [0.29, 0.717) is 6.54 Å². The Bertz CT molecular complexity index is 799. The lowest BCUT2D eigenvalue weighted by Crippen LogP contribution is -2.45. The molecule has 2 aromatic rings. The molecule has 3 heterocycles. The van der Waals surface area contributed by atoms with Gasteiger partial charge in [0.15, 0.2) is 0 Å². The highest BCUT2D eigenvalue weighted by Crippen LogP contribution is 2.32. The first-order valence-corrected chi connectivity index (χ1v) is 9.58. The van der Waals surface area contributed by atoms with Crippen molar-refractivity contribution < 1.29 is 5.11 Å². The fourth-order valence-electron chi connectivity index (χ4n) is 4.34. The first kappa shape index (κ1) is 17.4. The van der Waals surface area contributed by atoms with Crippen molar-refractivity contribution >= 4 is 0 Å². The SMILES string of the molecule is O=c1ccc(-c2ccncc2)nn1CC1CCCN1CC1(O)CCCC1. The molecule has 0 bridgehead atoms. The van der Waals surface area contributed by atoms with Crippen molar-refractivity contribution in [3.8, 4) is 11.3 Å². The second kappa shape index (κ2) is 7.29. The third-order valence-corrected chi connectivity index (χ3v) is 5.76. The average molecular weight is 354 g/mol. The van der Waals surface area contributed by atoms with Gasteiger partial charge in [-0.15, -0.1) is 0 Å². The predicted octanol–water partition coefficient (Wildman–Crippen LogP) is 2.07. The highest BCUT2D eigenvalue weighted by molar-refractivity contribution is 5.56. The van der Waals surface area contributed by atoms with Gasteiger partial charge in [-0.05, 0) is 50.4 Å². The van der Waals surface area contributed by atoms with Crippen LogP contribution < -0.4 is 5.56 Å². The molecule has 1 saturated carbocycles. The van der Waals surface area contributed by atoms with Crippen molar-refractivity contribution in [1.82, 2.24) is 19.7 Å². The molecule has 138 valence electrons. The van der Waals surface area contributed by atoms with E-state index in [0.717, 1.165) is 62.9 Å². The van der Waals surface area contributed by atoms with Gasteiger partial charge < -0.3 is 5.11 Å². The number of aromatic nitrogens is 3. The van der Waals surface area contributed by atoms with Crippen molar-refractivity contribution in [2.24, 2.45) is 0 Å². The van der Waals surface area contributed by atoms with Gasteiger partial charge in [-0.1, -0.05) is 12.8 Å². The summed E-state index contributed by atoms with van der Waals surface area (Å²) in [5, 5.41) is 15.3. The lowest BCUT2D eigenvalue weighted by Gasteiger charge is -2.32. The van der Waals surface area contributed by atoms with E-state index < -0.39 is 5.60 Å². The summed E-state index contributed by atoms with van der Waals surface area (Å²) < 4.78 is 1.58. The van der Waals surface area contributed by atoms with Gasteiger partial charge in [0.1, 0.15) is 0 Å². The number of likely N-dealkylation sites (tertiary alicyclic amines) is 1. The highest BCUT2D eigenvalue weighted by atomic mass is 16.3. The smallest absolute Gasteiger partial charge is 0.266 e. The zero-order valence-electron chi connectivity index (χ0n) is 15.0. The van der Waals surface area contributed by atoms with Crippen molar-refractivity contribution in [3.05, 3.63) is 47.0 Å². The topological polar surface area (TPSA) is 71.2 Å². The molecule has 1 saturated heterocycles. The Balaban J connectivity index is 1.51. The lowest BCUT2D eigenvalue weighted by molar-refractivity contribution is 0.00357. The van der Waals surface area contributed by atoms with Gasteiger partial charge in [0, 0.05) is 36.6 Å². The number of aliphatic hydroxyl groups is 1. The molecular formula is C20H26N4O2. The van der Waals surface area contributed by atoms with Crippen LogP contribution in [0, 0.1) is 0 Å². The van der Waals surface area contributed by atoms with Gasteiger partial charge in [-0.2, -0.15) is 5.10 Å². The normalized spacial score (nSPS) is 22.7. The molecule has 0 radical (unpaired) electrons. The van der Waals surface area contributed by atoms with Crippen LogP contribution in [0.3, 0.4) is 0 Å². The third kappa shape index (κ3) is 3.71. The van der Waals surface area contributed by atoms with E-state index in [1.165, 1.54) is 0 Å². The number of rotatable bonds is 5. The summed E-state index contributed by atoms with van der Waals surface area (Å²) in [6, 6.07) is 7.41. The fourth-order valence-corrected chi connectivity index (χ4v) is 4.34. The Morgan fingerprint density at radius 3 is 2.65 bits per heavy atom. The van der Waals surface area contributed by atoms with Gasteiger partial charge in [0.2, 0.25) is 0 Å². The summed E-state index contributed by atoms with van der Waals surface area (Å²) in [6.45, 7) is 2.29. The molecule has 6 nitrogen and oxygen atoms in total. The third-order valence-electron chi connectivity index (χ3n) is 5.76. The van der Waals surface area contributed by atoms with Crippen molar-refractivity contribution in [2.75, 3.05) is 13.1 Å². The van der Waals surface area contributed by atoms with E-state index in [2.05, 4.69) is 15.0 Å². The summed E-state index contributed by atoms with van der Waals surface area (Å²) >= 11 is 0. The minimum Gasteiger partial charge on any atom is -0.389 e. The zero-order valence-corrected chi connectivity index (χ0v) is 15.0. The number of hydrogen-bond acceptors (Lipinski definition) is 5. The second-order valence-electron chi connectivity index (χ2n) is 7.67.